The van der Waals surface area contributed by atoms with Crippen LogP contribution in [0.5, 0.6) is 0 Å². The zero-order chi connectivity index (χ0) is 17.9. The van der Waals surface area contributed by atoms with Gasteiger partial charge in [0.15, 0.2) is 0 Å². The number of amides is 1. The van der Waals surface area contributed by atoms with Crippen LogP contribution in [-0.4, -0.2) is 50.2 Å². The van der Waals surface area contributed by atoms with E-state index in [4.69, 9.17) is 11.6 Å². The third kappa shape index (κ3) is 4.49. The van der Waals surface area contributed by atoms with Crippen molar-refractivity contribution in [3.05, 3.63) is 29.3 Å². The van der Waals surface area contributed by atoms with Gasteiger partial charge in [0.05, 0.1) is 10.8 Å². The first-order chi connectivity index (χ1) is 11.2. The Balaban J connectivity index is 2.12. The average Bonchev–Trinajstić information content (AvgIpc) is 2.54. The van der Waals surface area contributed by atoms with Gasteiger partial charge in [-0.15, -0.1) is 0 Å². The van der Waals surface area contributed by atoms with Crippen LogP contribution < -0.4 is 0 Å². The zero-order valence-corrected chi connectivity index (χ0v) is 16.0. The molecule has 0 radical (unpaired) electrons. The van der Waals surface area contributed by atoms with Crippen LogP contribution in [0.4, 0.5) is 0 Å². The van der Waals surface area contributed by atoms with E-state index in [0.717, 1.165) is 6.42 Å². The second-order valence-corrected chi connectivity index (χ2v) is 9.14. The molecule has 0 bridgehead atoms. The molecule has 0 N–H and O–H groups in total. The van der Waals surface area contributed by atoms with Crippen LogP contribution >= 0.6 is 11.6 Å². The summed E-state index contributed by atoms with van der Waals surface area (Å²) in [5.74, 6) is 0.140. The smallest absolute Gasteiger partial charge is 0.243 e. The Labute approximate surface area is 149 Å². The summed E-state index contributed by atoms with van der Waals surface area (Å²) >= 11 is 5.83. The number of carbonyl (C=O) groups is 1. The van der Waals surface area contributed by atoms with Crippen molar-refractivity contribution in [2.24, 2.45) is 11.8 Å². The number of nitrogens with zero attached hydrogens (tertiary/aromatic N) is 2. The topological polar surface area (TPSA) is 57.7 Å². The van der Waals surface area contributed by atoms with E-state index >= 15 is 0 Å². The van der Waals surface area contributed by atoms with E-state index in [-0.39, 0.29) is 23.3 Å². The summed E-state index contributed by atoms with van der Waals surface area (Å²) in [6.45, 7) is 5.48. The van der Waals surface area contributed by atoms with Gasteiger partial charge >= 0.3 is 0 Å². The molecule has 1 unspecified atom stereocenters. The maximum absolute atomic E-state index is 12.8. The van der Waals surface area contributed by atoms with Crippen LogP contribution in [0.3, 0.4) is 0 Å². The molecule has 1 aromatic rings. The summed E-state index contributed by atoms with van der Waals surface area (Å²) in [5.41, 5.74) is 0. The molecule has 0 aliphatic carbocycles. The molecule has 1 saturated heterocycles. The fraction of sp³-hybridized carbons (Fsp3) is 0.588. The highest BCUT2D eigenvalue weighted by atomic mass is 35.5. The van der Waals surface area contributed by atoms with E-state index < -0.39 is 10.0 Å². The summed E-state index contributed by atoms with van der Waals surface area (Å²) in [6.07, 6.45) is 1.42. The highest BCUT2D eigenvalue weighted by Crippen LogP contribution is 2.25. The molecule has 24 heavy (non-hydrogen) atoms. The number of benzene rings is 1. The Hall–Kier alpha value is -1.11. The lowest BCUT2D eigenvalue weighted by Gasteiger charge is -2.33. The number of halogens is 1. The van der Waals surface area contributed by atoms with Gasteiger partial charge in [-0.2, -0.15) is 4.31 Å². The van der Waals surface area contributed by atoms with Crippen molar-refractivity contribution < 1.29 is 13.2 Å². The van der Waals surface area contributed by atoms with E-state index in [2.05, 4.69) is 13.8 Å². The Morgan fingerprint density at radius 3 is 2.54 bits per heavy atom. The van der Waals surface area contributed by atoms with Crippen molar-refractivity contribution in [3.63, 3.8) is 0 Å². The summed E-state index contributed by atoms with van der Waals surface area (Å²) in [7, 11) is -1.80. The minimum Gasteiger partial charge on any atom is -0.345 e. The number of hydrogen-bond acceptors (Lipinski definition) is 3. The highest BCUT2D eigenvalue weighted by molar-refractivity contribution is 7.89. The fourth-order valence-electron chi connectivity index (χ4n) is 3.07. The molecule has 1 aliphatic heterocycles. The summed E-state index contributed by atoms with van der Waals surface area (Å²) in [5, 5.41) is 0.496. The van der Waals surface area contributed by atoms with Crippen molar-refractivity contribution >= 4 is 27.5 Å². The lowest BCUT2D eigenvalue weighted by Crippen LogP contribution is -2.46. The van der Waals surface area contributed by atoms with Crippen LogP contribution in [0.1, 0.15) is 26.7 Å². The first-order valence-corrected chi connectivity index (χ1v) is 10.0. The minimum absolute atomic E-state index is 0.0275. The van der Waals surface area contributed by atoms with E-state index in [1.165, 1.54) is 16.4 Å². The molecule has 134 valence electrons. The quantitative estimate of drug-likeness (QED) is 0.798. The number of hydrogen-bond donors (Lipinski definition) is 0. The van der Waals surface area contributed by atoms with E-state index in [9.17, 15) is 13.2 Å². The Morgan fingerprint density at radius 1 is 1.33 bits per heavy atom. The largest absolute Gasteiger partial charge is 0.345 e. The van der Waals surface area contributed by atoms with Crippen molar-refractivity contribution in [3.8, 4) is 0 Å². The molecule has 0 aromatic heterocycles. The molecule has 0 spiro atoms. The monoisotopic (exact) mass is 372 g/mol. The first-order valence-electron chi connectivity index (χ1n) is 8.22. The van der Waals surface area contributed by atoms with Gasteiger partial charge in [0.25, 0.3) is 0 Å². The lowest BCUT2D eigenvalue weighted by molar-refractivity contribution is -0.135. The number of carbonyl (C=O) groups excluding carboxylic acids is 1. The van der Waals surface area contributed by atoms with Crippen LogP contribution in [0.2, 0.25) is 5.02 Å². The van der Waals surface area contributed by atoms with Gasteiger partial charge in [-0.1, -0.05) is 25.4 Å². The maximum Gasteiger partial charge on any atom is 0.243 e. The summed E-state index contributed by atoms with van der Waals surface area (Å²) < 4.78 is 27.0. The number of piperidine rings is 1. The van der Waals surface area contributed by atoms with E-state index in [1.807, 2.05) is 0 Å². The van der Waals surface area contributed by atoms with Crippen molar-refractivity contribution in [2.75, 3.05) is 26.7 Å². The van der Waals surface area contributed by atoms with E-state index in [0.29, 0.717) is 30.5 Å². The third-order valence-electron chi connectivity index (χ3n) is 4.20. The molecule has 5 nitrogen and oxygen atoms in total. The minimum atomic E-state index is -3.59. The van der Waals surface area contributed by atoms with Gasteiger partial charge in [0.1, 0.15) is 0 Å². The molecule has 1 atom stereocenters. The zero-order valence-electron chi connectivity index (χ0n) is 14.4. The molecule has 7 heteroatoms. The molecular weight excluding hydrogens is 348 g/mol. The average molecular weight is 373 g/mol. The molecule has 1 amide bonds. The summed E-state index contributed by atoms with van der Waals surface area (Å²) in [4.78, 5) is 14.5. The van der Waals surface area contributed by atoms with Crippen LogP contribution in [0.15, 0.2) is 29.2 Å². The lowest BCUT2D eigenvalue weighted by atomic mass is 9.98. The maximum atomic E-state index is 12.8. The molecule has 1 aromatic carbocycles. The van der Waals surface area contributed by atoms with Crippen LogP contribution in [-0.2, 0) is 14.8 Å². The van der Waals surface area contributed by atoms with Crippen LogP contribution in [0, 0.1) is 11.8 Å². The van der Waals surface area contributed by atoms with Crippen LogP contribution in [0.25, 0.3) is 0 Å². The fourth-order valence-corrected chi connectivity index (χ4v) is 4.72. The van der Waals surface area contributed by atoms with Crippen molar-refractivity contribution in [1.29, 1.82) is 0 Å². The molecule has 1 fully saturated rings. The predicted molar refractivity (Wildman–Crippen MR) is 95.4 cm³/mol. The molecular formula is C17H25ClN2O3S. The van der Waals surface area contributed by atoms with Crippen molar-refractivity contribution in [2.45, 2.75) is 31.6 Å². The number of rotatable bonds is 5. The van der Waals surface area contributed by atoms with Gasteiger partial charge in [0, 0.05) is 31.7 Å². The van der Waals surface area contributed by atoms with Gasteiger partial charge in [-0.3, -0.25) is 4.79 Å². The van der Waals surface area contributed by atoms with Gasteiger partial charge in [0.2, 0.25) is 15.9 Å². The third-order valence-corrected chi connectivity index (χ3v) is 6.33. The molecule has 2 rings (SSSR count). The van der Waals surface area contributed by atoms with Gasteiger partial charge in [-0.25, -0.2) is 8.42 Å². The second kappa shape index (κ2) is 7.85. The van der Waals surface area contributed by atoms with Crippen molar-refractivity contribution in [1.82, 2.24) is 9.21 Å². The van der Waals surface area contributed by atoms with Gasteiger partial charge in [-0.05, 0) is 43.0 Å². The molecule has 1 heterocycles. The van der Waals surface area contributed by atoms with E-state index in [1.54, 1.807) is 24.1 Å². The molecule has 0 saturated carbocycles. The first kappa shape index (κ1) is 19.2. The Kier molecular flexibility index (Phi) is 6.28. The summed E-state index contributed by atoms with van der Waals surface area (Å²) in [6, 6.07) is 6.15. The Bertz CT molecular complexity index is 674. The molecule has 1 aliphatic rings. The number of sulfonamides is 1. The SMILES string of the molecule is CC(C)CN(C)C(=O)C1CCCN(S(=O)(=O)c2ccc(Cl)cc2)C1. The highest BCUT2D eigenvalue weighted by Gasteiger charge is 2.34. The normalized spacial score (nSPS) is 19.5. The second-order valence-electron chi connectivity index (χ2n) is 6.77. The predicted octanol–water partition coefficient (Wildman–Crippen LogP) is 2.86. The standard InChI is InChI=1S/C17H25ClN2O3S/c1-13(2)11-19(3)17(21)14-5-4-10-20(12-14)24(22,23)16-8-6-15(18)7-9-16/h6-9,13-14H,4-5,10-12H2,1-3H3. The van der Waals surface area contributed by atoms with Gasteiger partial charge < -0.3 is 4.90 Å². The Morgan fingerprint density at radius 2 is 1.96 bits per heavy atom.